The molecule has 2 heterocycles. The minimum atomic E-state index is -0.329. The van der Waals surface area contributed by atoms with Gasteiger partial charge < -0.3 is 10.1 Å². The number of hydrogen-bond donors (Lipinski definition) is 1. The second kappa shape index (κ2) is 9.42. The van der Waals surface area contributed by atoms with Gasteiger partial charge in [-0.15, -0.1) is 0 Å². The van der Waals surface area contributed by atoms with E-state index in [1.165, 1.54) is 29.2 Å². The summed E-state index contributed by atoms with van der Waals surface area (Å²) in [6.07, 6.45) is 2.91. The molecule has 0 saturated carbocycles. The van der Waals surface area contributed by atoms with E-state index >= 15 is 0 Å². The number of aryl methyl sites for hydroxylation is 1. The molecule has 8 nitrogen and oxygen atoms in total. The van der Waals surface area contributed by atoms with Crippen LogP contribution in [0.5, 0.6) is 5.75 Å². The Kier molecular flexibility index (Phi) is 6.25. The standard InChI is InChI=1S/C23H22FN5O3/c1-16-3-2-4-19(11-16)32-14-21(30)25-9-10-29-22-20(12-27-29)23(31)28(15-26-22)13-17-5-7-18(24)8-6-17/h2-8,11-12,15H,9-10,13-14H2,1H3,(H,25,30). The predicted octanol–water partition coefficient (Wildman–Crippen LogP) is 2.28. The first-order valence-electron chi connectivity index (χ1n) is 10.1. The smallest absolute Gasteiger partial charge is 0.264 e. The zero-order valence-electron chi connectivity index (χ0n) is 17.5. The van der Waals surface area contributed by atoms with Crippen LogP contribution in [-0.2, 0) is 17.9 Å². The van der Waals surface area contributed by atoms with Crippen LogP contribution < -0.4 is 15.6 Å². The van der Waals surface area contributed by atoms with Gasteiger partial charge in [0.05, 0.1) is 19.3 Å². The highest BCUT2D eigenvalue weighted by molar-refractivity contribution is 5.77. The maximum Gasteiger partial charge on any atom is 0.264 e. The van der Waals surface area contributed by atoms with Crippen molar-refractivity contribution >= 4 is 16.9 Å². The van der Waals surface area contributed by atoms with Crippen molar-refractivity contribution in [2.45, 2.75) is 20.0 Å². The van der Waals surface area contributed by atoms with Crippen LogP contribution in [0.25, 0.3) is 11.0 Å². The minimum Gasteiger partial charge on any atom is -0.484 e. The molecule has 0 spiro atoms. The zero-order valence-corrected chi connectivity index (χ0v) is 17.5. The minimum absolute atomic E-state index is 0.0876. The van der Waals surface area contributed by atoms with Crippen LogP contribution in [0.3, 0.4) is 0 Å². The van der Waals surface area contributed by atoms with Gasteiger partial charge in [-0.3, -0.25) is 14.2 Å². The summed E-state index contributed by atoms with van der Waals surface area (Å²) < 4.78 is 21.6. The van der Waals surface area contributed by atoms with E-state index in [1.54, 1.807) is 22.9 Å². The number of carbonyl (C=O) groups excluding carboxylic acids is 1. The average molecular weight is 435 g/mol. The zero-order chi connectivity index (χ0) is 22.5. The first-order chi connectivity index (χ1) is 15.5. The van der Waals surface area contributed by atoms with Gasteiger partial charge in [-0.05, 0) is 42.3 Å². The summed E-state index contributed by atoms with van der Waals surface area (Å²) in [5.74, 6) is 0.0571. The number of fused-ring (bicyclic) bond motifs is 1. The lowest BCUT2D eigenvalue weighted by Gasteiger charge is -2.09. The van der Waals surface area contributed by atoms with Gasteiger partial charge in [-0.25, -0.2) is 14.1 Å². The number of nitrogens with one attached hydrogen (secondary N) is 1. The number of carbonyl (C=O) groups is 1. The number of ether oxygens (including phenoxy) is 1. The molecule has 0 unspecified atom stereocenters. The van der Waals surface area contributed by atoms with Gasteiger partial charge in [0, 0.05) is 6.54 Å². The maximum absolute atomic E-state index is 13.1. The van der Waals surface area contributed by atoms with Crippen molar-refractivity contribution in [3.8, 4) is 5.75 Å². The van der Waals surface area contributed by atoms with Crippen LogP contribution in [0.1, 0.15) is 11.1 Å². The molecular formula is C23H22FN5O3. The highest BCUT2D eigenvalue weighted by Gasteiger charge is 2.11. The van der Waals surface area contributed by atoms with E-state index in [4.69, 9.17) is 4.74 Å². The van der Waals surface area contributed by atoms with Gasteiger partial charge in [0.2, 0.25) is 0 Å². The number of nitrogens with zero attached hydrogens (tertiary/aromatic N) is 4. The predicted molar refractivity (Wildman–Crippen MR) is 117 cm³/mol. The monoisotopic (exact) mass is 435 g/mol. The number of hydrogen-bond acceptors (Lipinski definition) is 5. The topological polar surface area (TPSA) is 91.0 Å². The van der Waals surface area contributed by atoms with Crippen molar-refractivity contribution in [1.82, 2.24) is 24.6 Å². The Hall–Kier alpha value is -4.01. The molecule has 0 bridgehead atoms. The van der Waals surface area contributed by atoms with Crippen molar-refractivity contribution in [1.29, 1.82) is 0 Å². The number of rotatable bonds is 8. The molecule has 0 fully saturated rings. The molecule has 0 aliphatic heterocycles. The summed E-state index contributed by atoms with van der Waals surface area (Å²) >= 11 is 0. The molecule has 0 aliphatic carbocycles. The van der Waals surface area contributed by atoms with E-state index in [1.807, 2.05) is 25.1 Å². The third-order valence-electron chi connectivity index (χ3n) is 4.89. The van der Waals surface area contributed by atoms with E-state index in [9.17, 15) is 14.0 Å². The number of halogens is 1. The molecule has 1 N–H and O–H groups in total. The summed E-state index contributed by atoms with van der Waals surface area (Å²) in [5.41, 5.74) is 2.05. The van der Waals surface area contributed by atoms with Crippen molar-refractivity contribution in [2.75, 3.05) is 13.2 Å². The van der Waals surface area contributed by atoms with Crippen LogP contribution in [0.4, 0.5) is 4.39 Å². The Labute approximate surface area is 183 Å². The number of aromatic nitrogens is 4. The third kappa shape index (κ3) is 5.00. The Morgan fingerprint density at radius 2 is 2.00 bits per heavy atom. The summed E-state index contributed by atoms with van der Waals surface area (Å²) in [4.78, 5) is 29.1. The molecule has 2 aromatic carbocycles. The summed E-state index contributed by atoms with van der Waals surface area (Å²) in [5, 5.41) is 7.37. The maximum atomic E-state index is 13.1. The SMILES string of the molecule is Cc1cccc(OCC(=O)NCCn2ncc3c(=O)n(Cc4ccc(F)cc4)cnc32)c1. The average Bonchev–Trinajstić information content (AvgIpc) is 3.19. The normalized spacial score (nSPS) is 10.9. The van der Waals surface area contributed by atoms with Gasteiger partial charge in [0.15, 0.2) is 12.3 Å². The van der Waals surface area contributed by atoms with Crippen molar-refractivity contribution in [3.63, 3.8) is 0 Å². The quantitative estimate of drug-likeness (QED) is 0.459. The largest absolute Gasteiger partial charge is 0.484 e. The van der Waals surface area contributed by atoms with E-state index in [2.05, 4.69) is 15.4 Å². The number of benzene rings is 2. The Morgan fingerprint density at radius 3 is 2.78 bits per heavy atom. The van der Waals surface area contributed by atoms with Gasteiger partial charge in [0.1, 0.15) is 23.3 Å². The Morgan fingerprint density at radius 1 is 1.19 bits per heavy atom. The Balaban J connectivity index is 1.34. The third-order valence-corrected chi connectivity index (χ3v) is 4.89. The van der Waals surface area contributed by atoms with Gasteiger partial charge in [-0.2, -0.15) is 5.10 Å². The van der Waals surface area contributed by atoms with Crippen LogP contribution in [0.2, 0.25) is 0 Å². The molecule has 164 valence electrons. The highest BCUT2D eigenvalue weighted by atomic mass is 19.1. The van der Waals surface area contributed by atoms with Crippen LogP contribution >= 0.6 is 0 Å². The first kappa shape index (κ1) is 21.2. The molecule has 2 aromatic heterocycles. The molecule has 0 saturated heterocycles. The second-order valence-corrected chi connectivity index (χ2v) is 7.36. The molecule has 0 aliphatic rings. The molecule has 32 heavy (non-hydrogen) atoms. The fourth-order valence-electron chi connectivity index (χ4n) is 3.27. The highest BCUT2D eigenvalue weighted by Crippen LogP contribution is 2.12. The molecular weight excluding hydrogens is 413 g/mol. The fourth-order valence-corrected chi connectivity index (χ4v) is 3.27. The lowest BCUT2D eigenvalue weighted by atomic mass is 10.2. The fraction of sp³-hybridized carbons (Fsp3) is 0.217. The van der Waals surface area contributed by atoms with Crippen LogP contribution in [0, 0.1) is 12.7 Å². The molecule has 0 radical (unpaired) electrons. The molecule has 4 rings (SSSR count). The summed E-state index contributed by atoms with van der Waals surface area (Å²) in [6, 6.07) is 13.4. The molecule has 0 atom stereocenters. The molecule has 4 aromatic rings. The van der Waals surface area contributed by atoms with Gasteiger partial charge in [0.25, 0.3) is 11.5 Å². The first-order valence-corrected chi connectivity index (χ1v) is 10.1. The van der Waals surface area contributed by atoms with Gasteiger partial charge in [-0.1, -0.05) is 24.3 Å². The molecule has 9 heteroatoms. The van der Waals surface area contributed by atoms with E-state index in [0.717, 1.165) is 11.1 Å². The van der Waals surface area contributed by atoms with Crippen molar-refractivity contribution in [2.24, 2.45) is 0 Å². The van der Waals surface area contributed by atoms with E-state index < -0.39 is 0 Å². The summed E-state index contributed by atoms with van der Waals surface area (Å²) in [7, 11) is 0. The van der Waals surface area contributed by atoms with E-state index in [-0.39, 0.29) is 30.4 Å². The van der Waals surface area contributed by atoms with Crippen molar-refractivity contribution in [3.05, 3.63) is 88.4 Å². The lowest BCUT2D eigenvalue weighted by molar-refractivity contribution is -0.123. The second-order valence-electron chi connectivity index (χ2n) is 7.36. The van der Waals surface area contributed by atoms with Crippen LogP contribution in [0.15, 0.2) is 65.8 Å². The summed E-state index contributed by atoms with van der Waals surface area (Å²) in [6.45, 7) is 2.81. The lowest BCUT2D eigenvalue weighted by Crippen LogP contribution is -2.31. The van der Waals surface area contributed by atoms with Crippen molar-refractivity contribution < 1.29 is 13.9 Å². The Bertz CT molecular complexity index is 1300. The van der Waals surface area contributed by atoms with E-state index in [0.29, 0.717) is 29.9 Å². The number of amides is 1. The molecule has 1 amide bonds. The van der Waals surface area contributed by atoms with Crippen LogP contribution in [-0.4, -0.2) is 38.4 Å². The van der Waals surface area contributed by atoms with Gasteiger partial charge >= 0.3 is 0 Å².